The van der Waals surface area contributed by atoms with Crippen molar-refractivity contribution in [3.63, 3.8) is 0 Å². The van der Waals surface area contributed by atoms with Crippen LogP contribution in [-0.2, 0) is 16.1 Å². The van der Waals surface area contributed by atoms with Crippen molar-refractivity contribution in [3.8, 4) is 11.5 Å². The first-order valence-electron chi connectivity index (χ1n) is 10.2. The van der Waals surface area contributed by atoms with Gasteiger partial charge in [-0.2, -0.15) is 0 Å². The van der Waals surface area contributed by atoms with E-state index in [0.717, 1.165) is 24.2 Å². The molecule has 1 saturated carbocycles. The number of hydrogen-bond acceptors (Lipinski definition) is 5. The number of primary amides is 1. The summed E-state index contributed by atoms with van der Waals surface area (Å²) in [7, 11) is 3.21. The Morgan fingerprint density at radius 1 is 1.10 bits per heavy atom. The molecule has 0 radical (unpaired) electrons. The van der Waals surface area contributed by atoms with Gasteiger partial charge in [0.05, 0.1) is 20.8 Å². The zero-order chi connectivity index (χ0) is 22.4. The first-order valence-corrected chi connectivity index (χ1v) is 10.2. The van der Waals surface area contributed by atoms with Crippen LogP contribution >= 0.6 is 0 Å². The lowest BCUT2D eigenvalue weighted by molar-refractivity contribution is -0.120. The van der Waals surface area contributed by atoms with Gasteiger partial charge in [-0.1, -0.05) is 0 Å². The van der Waals surface area contributed by atoms with Gasteiger partial charge in [-0.25, -0.2) is 4.39 Å². The van der Waals surface area contributed by atoms with E-state index in [1.54, 1.807) is 14.2 Å². The molecule has 2 amide bonds. The molecule has 0 unspecified atom stereocenters. The first-order chi connectivity index (χ1) is 14.9. The topological polar surface area (TPSA) is 85.1 Å². The molecule has 0 saturated heterocycles. The van der Waals surface area contributed by atoms with Crippen molar-refractivity contribution >= 4 is 17.5 Å². The number of carbonyl (C=O) groups is 2. The highest BCUT2D eigenvalue weighted by atomic mass is 19.1. The minimum absolute atomic E-state index is 0.0241. The number of benzene rings is 2. The van der Waals surface area contributed by atoms with Crippen LogP contribution in [-0.4, -0.2) is 50.1 Å². The predicted molar refractivity (Wildman–Crippen MR) is 116 cm³/mol. The van der Waals surface area contributed by atoms with Gasteiger partial charge in [0.1, 0.15) is 17.3 Å². The highest BCUT2D eigenvalue weighted by Crippen LogP contribution is 2.32. The molecule has 0 heterocycles. The van der Waals surface area contributed by atoms with Crippen LogP contribution in [0.25, 0.3) is 0 Å². The molecule has 3 rings (SSSR count). The van der Waals surface area contributed by atoms with Crippen LogP contribution in [0.5, 0.6) is 11.5 Å². The number of amides is 2. The highest BCUT2D eigenvalue weighted by Gasteiger charge is 2.32. The largest absolute Gasteiger partial charge is 0.497 e. The molecule has 7 nitrogen and oxygen atoms in total. The fraction of sp³-hybridized carbons (Fsp3) is 0.391. The SMILES string of the molecule is COc1ccc(OC)c(CN(CC(=O)N(CCC(N)=O)c2ccc(F)cc2)C2CC2)c1. The number of carbonyl (C=O) groups excluding carboxylic acids is 2. The zero-order valence-corrected chi connectivity index (χ0v) is 17.8. The summed E-state index contributed by atoms with van der Waals surface area (Å²) in [5.74, 6) is 0.368. The second-order valence-corrected chi connectivity index (χ2v) is 7.55. The Morgan fingerprint density at radius 3 is 2.39 bits per heavy atom. The van der Waals surface area contributed by atoms with Gasteiger partial charge in [0, 0.05) is 36.8 Å². The summed E-state index contributed by atoms with van der Waals surface area (Å²) in [5, 5.41) is 0. The Balaban J connectivity index is 1.79. The Bertz CT molecular complexity index is 916. The maximum atomic E-state index is 13.4. The number of anilines is 1. The molecule has 0 bridgehead atoms. The smallest absolute Gasteiger partial charge is 0.241 e. The molecule has 8 heteroatoms. The summed E-state index contributed by atoms with van der Waals surface area (Å²) in [6.07, 6.45) is 2.05. The minimum atomic E-state index is -0.500. The van der Waals surface area contributed by atoms with Gasteiger partial charge in [0.2, 0.25) is 11.8 Å². The van der Waals surface area contributed by atoms with Crippen LogP contribution in [0.3, 0.4) is 0 Å². The van der Waals surface area contributed by atoms with E-state index in [1.165, 1.54) is 29.2 Å². The fourth-order valence-electron chi connectivity index (χ4n) is 3.48. The van der Waals surface area contributed by atoms with Crippen LogP contribution in [0.1, 0.15) is 24.8 Å². The molecule has 0 aromatic heterocycles. The van der Waals surface area contributed by atoms with Crippen molar-refractivity contribution in [3.05, 3.63) is 53.8 Å². The minimum Gasteiger partial charge on any atom is -0.497 e. The van der Waals surface area contributed by atoms with Crippen LogP contribution in [0.15, 0.2) is 42.5 Å². The van der Waals surface area contributed by atoms with Crippen molar-refractivity contribution in [1.29, 1.82) is 0 Å². The molecule has 166 valence electrons. The van der Waals surface area contributed by atoms with Gasteiger partial charge in [0.15, 0.2) is 0 Å². The molecule has 0 spiro atoms. The monoisotopic (exact) mass is 429 g/mol. The number of ether oxygens (including phenoxy) is 2. The van der Waals surface area contributed by atoms with E-state index in [-0.39, 0.29) is 25.4 Å². The van der Waals surface area contributed by atoms with E-state index >= 15 is 0 Å². The second kappa shape index (κ2) is 10.3. The van der Waals surface area contributed by atoms with Gasteiger partial charge in [-0.15, -0.1) is 0 Å². The standard InChI is InChI=1S/C23H28FN3O4/c1-30-20-9-10-21(31-2)16(13-20)14-26(18-7-8-18)15-23(29)27(12-11-22(25)28)19-5-3-17(24)4-6-19/h3-6,9-10,13,18H,7-8,11-12,14-15H2,1-2H3,(H2,25,28). The third kappa shape index (κ3) is 6.18. The quantitative estimate of drug-likeness (QED) is 0.594. The molecule has 1 aliphatic carbocycles. The van der Waals surface area contributed by atoms with Crippen LogP contribution < -0.4 is 20.1 Å². The first kappa shape index (κ1) is 22.6. The van der Waals surface area contributed by atoms with Gasteiger partial charge in [0.25, 0.3) is 0 Å². The molecule has 31 heavy (non-hydrogen) atoms. The normalized spacial score (nSPS) is 13.2. The van der Waals surface area contributed by atoms with Crippen LogP contribution in [0.4, 0.5) is 10.1 Å². The van der Waals surface area contributed by atoms with Gasteiger partial charge in [-0.3, -0.25) is 14.5 Å². The van der Waals surface area contributed by atoms with Gasteiger partial charge in [-0.05, 0) is 55.3 Å². The highest BCUT2D eigenvalue weighted by molar-refractivity contribution is 5.95. The van der Waals surface area contributed by atoms with Gasteiger partial charge < -0.3 is 20.1 Å². The number of rotatable bonds is 11. The number of methoxy groups -OCH3 is 2. The van der Waals surface area contributed by atoms with E-state index in [2.05, 4.69) is 4.90 Å². The Kier molecular flexibility index (Phi) is 7.46. The second-order valence-electron chi connectivity index (χ2n) is 7.55. The molecule has 2 N–H and O–H groups in total. The molecule has 1 aliphatic rings. The zero-order valence-electron chi connectivity index (χ0n) is 17.8. The van der Waals surface area contributed by atoms with E-state index in [9.17, 15) is 14.0 Å². The number of halogens is 1. The molecular formula is C23H28FN3O4. The summed E-state index contributed by atoms with van der Waals surface area (Å²) in [4.78, 5) is 28.1. The average molecular weight is 429 g/mol. The maximum absolute atomic E-state index is 13.4. The lowest BCUT2D eigenvalue weighted by atomic mass is 10.1. The number of nitrogens with two attached hydrogens (primary N) is 1. The Morgan fingerprint density at radius 2 is 1.81 bits per heavy atom. The third-order valence-electron chi connectivity index (χ3n) is 5.28. The lowest BCUT2D eigenvalue weighted by Gasteiger charge is -2.28. The summed E-state index contributed by atoms with van der Waals surface area (Å²) >= 11 is 0. The van der Waals surface area contributed by atoms with E-state index in [0.29, 0.717) is 24.0 Å². The number of hydrogen-bond donors (Lipinski definition) is 1. The van der Waals surface area contributed by atoms with Crippen molar-refractivity contribution in [2.45, 2.75) is 31.8 Å². The van der Waals surface area contributed by atoms with Crippen molar-refractivity contribution in [2.24, 2.45) is 5.73 Å². The average Bonchev–Trinajstić information content (AvgIpc) is 3.59. The summed E-state index contributed by atoms with van der Waals surface area (Å²) in [5.41, 5.74) is 6.74. The van der Waals surface area contributed by atoms with Crippen LogP contribution in [0, 0.1) is 5.82 Å². The number of nitrogens with zero attached hydrogens (tertiary/aromatic N) is 2. The fourth-order valence-corrected chi connectivity index (χ4v) is 3.48. The summed E-state index contributed by atoms with van der Waals surface area (Å²) in [6, 6.07) is 11.5. The predicted octanol–water partition coefficient (Wildman–Crippen LogP) is 2.72. The molecular weight excluding hydrogens is 401 g/mol. The Hall–Kier alpha value is -3.13. The van der Waals surface area contributed by atoms with Gasteiger partial charge >= 0.3 is 0 Å². The molecule has 2 aromatic carbocycles. The van der Waals surface area contributed by atoms with E-state index in [1.807, 2.05) is 18.2 Å². The molecule has 2 aromatic rings. The third-order valence-corrected chi connectivity index (χ3v) is 5.28. The van der Waals surface area contributed by atoms with Crippen molar-refractivity contribution in [1.82, 2.24) is 4.90 Å². The lowest BCUT2D eigenvalue weighted by Crippen LogP contribution is -2.42. The molecule has 0 aliphatic heterocycles. The summed E-state index contributed by atoms with van der Waals surface area (Å²) < 4.78 is 24.2. The van der Waals surface area contributed by atoms with Crippen molar-refractivity contribution in [2.75, 3.05) is 32.2 Å². The Labute approximate surface area is 181 Å². The van der Waals surface area contributed by atoms with Crippen LogP contribution in [0.2, 0.25) is 0 Å². The maximum Gasteiger partial charge on any atom is 0.241 e. The van der Waals surface area contributed by atoms with E-state index < -0.39 is 11.7 Å². The van der Waals surface area contributed by atoms with Crippen molar-refractivity contribution < 1.29 is 23.5 Å². The van der Waals surface area contributed by atoms with E-state index in [4.69, 9.17) is 15.2 Å². The molecule has 0 atom stereocenters. The molecule has 1 fully saturated rings. The summed E-state index contributed by atoms with van der Waals surface area (Å²) in [6.45, 7) is 0.811.